The van der Waals surface area contributed by atoms with Crippen molar-refractivity contribution in [2.75, 3.05) is 0 Å². The van der Waals surface area contributed by atoms with E-state index in [-0.39, 0.29) is 17.3 Å². The van der Waals surface area contributed by atoms with Crippen molar-refractivity contribution in [3.8, 4) is 5.75 Å². The molecule has 0 aliphatic heterocycles. The fourth-order valence-corrected chi connectivity index (χ4v) is 3.30. The van der Waals surface area contributed by atoms with Gasteiger partial charge in [-0.05, 0) is 38.5 Å². The molecule has 0 fully saturated rings. The van der Waals surface area contributed by atoms with Crippen molar-refractivity contribution in [2.45, 2.75) is 32.3 Å². The number of ether oxygens (including phenoxy) is 1. The van der Waals surface area contributed by atoms with Gasteiger partial charge in [0.2, 0.25) is 10.0 Å². The van der Waals surface area contributed by atoms with Gasteiger partial charge < -0.3 is 4.74 Å². The summed E-state index contributed by atoms with van der Waals surface area (Å²) in [5.74, 6) is 0.253. The van der Waals surface area contributed by atoms with Gasteiger partial charge in [0.25, 0.3) is 0 Å². The maximum Gasteiger partial charge on any atom is 0.241 e. The smallest absolute Gasteiger partial charge is 0.241 e. The summed E-state index contributed by atoms with van der Waals surface area (Å²) in [7, 11) is -3.81. The third kappa shape index (κ3) is 3.36. The Kier molecular flexibility index (Phi) is 4.12. The van der Waals surface area contributed by atoms with Crippen LogP contribution in [0.2, 0.25) is 0 Å². The quantitative estimate of drug-likeness (QED) is 0.939. The molecule has 5 nitrogen and oxygen atoms in total. The van der Waals surface area contributed by atoms with E-state index in [4.69, 9.17) is 9.88 Å². The molecule has 0 amide bonds. The van der Waals surface area contributed by atoms with Crippen molar-refractivity contribution in [3.63, 3.8) is 0 Å². The van der Waals surface area contributed by atoms with Crippen molar-refractivity contribution >= 4 is 21.4 Å². The van der Waals surface area contributed by atoms with Crippen LogP contribution in [0.5, 0.6) is 5.75 Å². The minimum atomic E-state index is -3.81. The molecule has 108 valence electrons. The van der Waals surface area contributed by atoms with Crippen molar-refractivity contribution in [2.24, 2.45) is 5.14 Å². The van der Waals surface area contributed by atoms with Crippen LogP contribution in [0.3, 0.4) is 0 Å². The first kappa shape index (κ1) is 15.0. The Bertz CT molecular complexity index is 717. The summed E-state index contributed by atoms with van der Waals surface area (Å²) in [6.45, 7) is 5.94. The first-order valence-corrected chi connectivity index (χ1v) is 8.33. The Labute approximate surface area is 122 Å². The molecule has 0 spiro atoms. The van der Waals surface area contributed by atoms with E-state index in [0.717, 1.165) is 21.1 Å². The second-order valence-electron chi connectivity index (χ2n) is 4.53. The van der Waals surface area contributed by atoms with Crippen LogP contribution in [0.25, 0.3) is 0 Å². The Morgan fingerprint density at radius 2 is 2.00 bits per heavy atom. The predicted octanol–water partition coefficient (Wildman–Crippen LogP) is 2.29. The molecule has 0 atom stereocenters. The third-order valence-corrected chi connectivity index (χ3v) is 4.81. The number of benzene rings is 1. The summed E-state index contributed by atoms with van der Waals surface area (Å²) >= 11 is 1.53. The molecule has 0 aliphatic carbocycles. The van der Waals surface area contributed by atoms with E-state index in [2.05, 4.69) is 4.98 Å². The molecular weight excluding hydrogens is 296 g/mol. The van der Waals surface area contributed by atoms with Crippen molar-refractivity contribution in [3.05, 3.63) is 39.3 Å². The molecule has 2 rings (SSSR count). The van der Waals surface area contributed by atoms with Crippen LogP contribution in [-0.2, 0) is 16.6 Å². The minimum absolute atomic E-state index is 0.00231. The number of aryl methyl sites for hydroxylation is 3. The Balaban J connectivity index is 2.26. The van der Waals surface area contributed by atoms with Gasteiger partial charge in [-0.1, -0.05) is 6.07 Å². The van der Waals surface area contributed by atoms with E-state index in [9.17, 15) is 8.42 Å². The summed E-state index contributed by atoms with van der Waals surface area (Å²) in [6.07, 6.45) is 0. The second kappa shape index (κ2) is 5.51. The Morgan fingerprint density at radius 3 is 2.55 bits per heavy atom. The number of primary sulfonamides is 1. The average Bonchev–Trinajstić information content (AvgIpc) is 2.66. The van der Waals surface area contributed by atoms with Crippen LogP contribution in [0.1, 0.15) is 21.1 Å². The van der Waals surface area contributed by atoms with Crippen molar-refractivity contribution in [1.82, 2.24) is 4.98 Å². The van der Waals surface area contributed by atoms with Gasteiger partial charge >= 0.3 is 0 Å². The lowest BCUT2D eigenvalue weighted by atomic mass is 10.2. The van der Waals surface area contributed by atoms with E-state index in [1.54, 1.807) is 19.1 Å². The van der Waals surface area contributed by atoms with Crippen LogP contribution in [0.15, 0.2) is 23.1 Å². The highest BCUT2D eigenvalue weighted by Crippen LogP contribution is 2.26. The lowest BCUT2D eigenvalue weighted by Crippen LogP contribution is -2.14. The molecule has 0 bridgehead atoms. The lowest BCUT2D eigenvalue weighted by Gasteiger charge is -2.09. The summed E-state index contributed by atoms with van der Waals surface area (Å²) in [4.78, 5) is 5.47. The number of hydrogen-bond acceptors (Lipinski definition) is 5. The van der Waals surface area contributed by atoms with Crippen LogP contribution in [0.4, 0.5) is 0 Å². The van der Waals surface area contributed by atoms with Crippen molar-refractivity contribution in [1.29, 1.82) is 0 Å². The highest BCUT2D eigenvalue weighted by molar-refractivity contribution is 7.89. The normalized spacial score (nSPS) is 11.6. The van der Waals surface area contributed by atoms with Gasteiger partial charge in [-0.15, -0.1) is 11.3 Å². The van der Waals surface area contributed by atoms with E-state index in [1.165, 1.54) is 17.4 Å². The van der Waals surface area contributed by atoms with E-state index in [1.807, 2.05) is 13.8 Å². The molecule has 0 radical (unpaired) electrons. The standard InChI is InChI=1S/C13H16N2O3S2/c1-8-4-5-11(12(6-8)20(14,16)17)18-7-13-15-9(2)10(3)19-13/h4-6H,7H2,1-3H3,(H2,14,16,17). The molecule has 2 aromatic rings. The summed E-state index contributed by atoms with van der Waals surface area (Å²) < 4.78 is 28.7. The molecular formula is C13H16N2O3S2. The molecule has 0 saturated heterocycles. The monoisotopic (exact) mass is 312 g/mol. The Hall–Kier alpha value is -1.44. The van der Waals surface area contributed by atoms with Gasteiger partial charge in [0.05, 0.1) is 5.69 Å². The predicted molar refractivity (Wildman–Crippen MR) is 78.5 cm³/mol. The molecule has 1 heterocycles. The van der Waals surface area contributed by atoms with Gasteiger partial charge in [-0.25, -0.2) is 18.5 Å². The van der Waals surface area contributed by atoms with Crippen LogP contribution in [0, 0.1) is 20.8 Å². The largest absolute Gasteiger partial charge is 0.485 e. The molecule has 20 heavy (non-hydrogen) atoms. The zero-order chi connectivity index (χ0) is 14.9. The number of thiazole rings is 1. The SMILES string of the molecule is Cc1ccc(OCc2nc(C)c(C)s2)c(S(N)(=O)=O)c1. The third-order valence-electron chi connectivity index (χ3n) is 2.83. The number of rotatable bonds is 4. The van der Waals surface area contributed by atoms with E-state index in [0.29, 0.717) is 0 Å². The molecule has 1 aromatic carbocycles. The molecule has 0 unspecified atom stereocenters. The van der Waals surface area contributed by atoms with Gasteiger partial charge in [0.15, 0.2) is 0 Å². The Morgan fingerprint density at radius 1 is 1.30 bits per heavy atom. The summed E-state index contributed by atoms with van der Waals surface area (Å²) in [6, 6.07) is 4.90. The topological polar surface area (TPSA) is 82.3 Å². The highest BCUT2D eigenvalue weighted by atomic mass is 32.2. The van der Waals surface area contributed by atoms with Gasteiger partial charge in [0, 0.05) is 4.88 Å². The molecule has 0 aliphatic rings. The highest BCUT2D eigenvalue weighted by Gasteiger charge is 2.16. The average molecular weight is 312 g/mol. The zero-order valence-corrected chi connectivity index (χ0v) is 13.1. The maximum atomic E-state index is 11.6. The molecule has 2 N–H and O–H groups in total. The van der Waals surface area contributed by atoms with Gasteiger partial charge in [-0.3, -0.25) is 0 Å². The van der Waals surface area contributed by atoms with Crippen LogP contribution >= 0.6 is 11.3 Å². The molecule has 7 heteroatoms. The second-order valence-corrected chi connectivity index (χ2v) is 7.35. The van der Waals surface area contributed by atoms with E-state index >= 15 is 0 Å². The fraction of sp³-hybridized carbons (Fsp3) is 0.308. The summed E-state index contributed by atoms with van der Waals surface area (Å²) in [5, 5.41) is 6.01. The number of nitrogens with zero attached hydrogens (tertiary/aromatic N) is 1. The van der Waals surface area contributed by atoms with Crippen LogP contribution < -0.4 is 9.88 Å². The maximum absolute atomic E-state index is 11.6. The first-order valence-electron chi connectivity index (χ1n) is 5.96. The van der Waals surface area contributed by atoms with Crippen molar-refractivity contribution < 1.29 is 13.2 Å². The number of hydrogen-bond donors (Lipinski definition) is 1. The summed E-state index contributed by atoms with van der Waals surface area (Å²) in [5.41, 5.74) is 1.77. The van der Waals surface area contributed by atoms with E-state index < -0.39 is 10.0 Å². The molecule has 1 aromatic heterocycles. The lowest BCUT2D eigenvalue weighted by molar-refractivity contribution is 0.297. The number of sulfonamides is 1. The number of nitrogens with two attached hydrogens (primary N) is 1. The fourth-order valence-electron chi connectivity index (χ4n) is 1.70. The molecule has 0 saturated carbocycles. The van der Waals surface area contributed by atoms with Crippen LogP contribution in [-0.4, -0.2) is 13.4 Å². The first-order chi connectivity index (χ1) is 9.27. The number of aromatic nitrogens is 1. The van der Waals surface area contributed by atoms with Gasteiger partial charge in [-0.2, -0.15) is 0 Å². The van der Waals surface area contributed by atoms with Gasteiger partial charge in [0.1, 0.15) is 22.3 Å². The zero-order valence-electron chi connectivity index (χ0n) is 11.5. The minimum Gasteiger partial charge on any atom is -0.485 e.